The molecule has 0 saturated heterocycles. The molecule has 1 heterocycles. The first-order valence-electron chi connectivity index (χ1n) is 6.60. The van der Waals surface area contributed by atoms with Crippen LogP contribution in [0, 0.1) is 0 Å². The first-order chi connectivity index (χ1) is 9.50. The SMILES string of the molecule is CC(=O)C1=Cc2ccc(C(C)(C)C)cc2OC1C(F)(F)F. The lowest BCUT2D eigenvalue weighted by atomic mass is 9.85. The third-order valence-electron chi connectivity index (χ3n) is 3.42. The predicted molar refractivity (Wildman–Crippen MR) is 74.3 cm³/mol. The van der Waals surface area contributed by atoms with Crippen LogP contribution in [0.15, 0.2) is 23.8 Å². The van der Waals surface area contributed by atoms with Crippen LogP contribution < -0.4 is 4.74 Å². The first kappa shape index (κ1) is 15.6. The smallest absolute Gasteiger partial charge is 0.429 e. The molecule has 0 aromatic heterocycles. The fourth-order valence-corrected chi connectivity index (χ4v) is 2.19. The van der Waals surface area contributed by atoms with E-state index in [0.717, 1.165) is 12.5 Å². The van der Waals surface area contributed by atoms with E-state index < -0.39 is 18.1 Å². The molecule has 0 bridgehead atoms. The molecule has 21 heavy (non-hydrogen) atoms. The second kappa shape index (κ2) is 4.90. The molecule has 0 N–H and O–H groups in total. The number of halogens is 3. The van der Waals surface area contributed by atoms with Crippen LogP contribution >= 0.6 is 0 Å². The van der Waals surface area contributed by atoms with Gasteiger partial charge in [0.1, 0.15) is 5.75 Å². The quantitative estimate of drug-likeness (QED) is 0.773. The minimum absolute atomic E-state index is 0.162. The summed E-state index contributed by atoms with van der Waals surface area (Å²) < 4.78 is 44.3. The molecule has 0 saturated carbocycles. The van der Waals surface area contributed by atoms with Crippen LogP contribution in [0.4, 0.5) is 13.2 Å². The molecular formula is C16H17F3O2. The summed E-state index contributed by atoms with van der Waals surface area (Å²) in [6.45, 7) is 7.02. The Bertz CT molecular complexity index is 607. The molecule has 114 valence electrons. The second-order valence-corrected chi connectivity index (χ2v) is 6.20. The lowest BCUT2D eigenvalue weighted by Gasteiger charge is -2.29. The van der Waals surface area contributed by atoms with Gasteiger partial charge in [-0.15, -0.1) is 0 Å². The fraction of sp³-hybridized carbons (Fsp3) is 0.438. The molecule has 2 nitrogen and oxygen atoms in total. The maximum absolute atomic E-state index is 13.1. The number of ether oxygens (including phenoxy) is 1. The number of fused-ring (bicyclic) bond motifs is 1. The molecule has 1 unspecified atom stereocenters. The van der Waals surface area contributed by atoms with Gasteiger partial charge >= 0.3 is 6.18 Å². The number of hydrogen-bond acceptors (Lipinski definition) is 2. The maximum atomic E-state index is 13.1. The van der Waals surface area contributed by atoms with Crippen molar-refractivity contribution < 1.29 is 22.7 Å². The first-order valence-corrected chi connectivity index (χ1v) is 6.60. The summed E-state index contributed by atoms with van der Waals surface area (Å²) in [5.74, 6) is -0.474. The molecule has 0 radical (unpaired) electrons. The minimum Gasteiger partial charge on any atom is -0.475 e. The van der Waals surface area contributed by atoms with Crippen molar-refractivity contribution in [2.24, 2.45) is 0 Å². The zero-order valence-electron chi connectivity index (χ0n) is 12.3. The average molecular weight is 298 g/mol. The predicted octanol–water partition coefficient (Wildman–Crippen LogP) is 4.28. The summed E-state index contributed by atoms with van der Waals surface area (Å²) in [4.78, 5) is 11.4. The molecule has 2 rings (SSSR count). The monoisotopic (exact) mass is 298 g/mol. The van der Waals surface area contributed by atoms with Crippen LogP contribution in [0.25, 0.3) is 6.08 Å². The summed E-state index contributed by atoms with van der Waals surface area (Å²) >= 11 is 0. The largest absolute Gasteiger partial charge is 0.475 e. The molecular weight excluding hydrogens is 281 g/mol. The Hall–Kier alpha value is -1.78. The van der Waals surface area contributed by atoms with Crippen molar-refractivity contribution in [3.8, 4) is 5.75 Å². The minimum atomic E-state index is -4.62. The van der Waals surface area contributed by atoms with Crippen LogP contribution in [0.3, 0.4) is 0 Å². The van der Waals surface area contributed by atoms with Crippen LogP contribution in [0.2, 0.25) is 0 Å². The third-order valence-corrected chi connectivity index (χ3v) is 3.42. The summed E-state index contributed by atoms with van der Waals surface area (Å²) in [5, 5.41) is 0. The normalized spacial score (nSPS) is 18.6. The van der Waals surface area contributed by atoms with E-state index in [1.807, 2.05) is 26.8 Å². The standard InChI is InChI=1S/C16H17F3O2/c1-9(20)12-7-10-5-6-11(15(2,3)4)8-13(10)21-14(12)16(17,18)19/h5-8,14H,1-4H3. The number of benzene rings is 1. The van der Waals surface area contributed by atoms with Gasteiger partial charge in [-0.3, -0.25) is 4.79 Å². The molecule has 1 aliphatic rings. The molecule has 0 aliphatic carbocycles. The Kier molecular flexibility index (Phi) is 3.64. The zero-order chi connectivity index (χ0) is 16.0. The van der Waals surface area contributed by atoms with Gasteiger partial charge < -0.3 is 4.74 Å². The third kappa shape index (κ3) is 3.12. The van der Waals surface area contributed by atoms with Gasteiger partial charge in [0.05, 0.1) is 0 Å². The Morgan fingerprint density at radius 2 is 1.81 bits per heavy atom. The van der Waals surface area contributed by atoms with Crippen molar-refractivity contribution in [1.82, 2.24) is 0 Å². The van der Waals surface area contributed by atoms with Crippen molar-refractivity contribution in [2.75, 3.05) is 0 Å². The summed E-state index contributed by atoms with van der Waals surface area (Å²) in [7, 11) is 0. The lowest BCUT2D eigenvalue weighted by molar-refractivity contribution is -0.184. The topological polar surface area (TPSA) is 26.3 Å². The van der Waals surface area contributed by atoms with Crippen LogP contribution in [0.5, 0.6) is 5.75 Å². The molecule has 1 aliphatic heterocycles. The van der Waals surface area contributed by atoms with Crippen molar-refractivity contribution in [1.29, 1.82) is 0 Å². The van der Waals surface area contributed by atoms with Crippen LogP contribution in [-0.4, -0.2) is 18.1 Å². The molecule has 0 amide bonds. The average Bonchev–Trinajstić information content (AvgIpc) is 2.34. The number of Topliss-reactive ketones (excluding diaryl/α,β-unsaturated/α-hetero) is 1. The zero-order valence-corrected chi connectivity index (χ0v) is 12.3. The Labute approximate surface area is 121 Å². The van der Waals surface area contributed by atoms with E-state index in [2.05, 4.69) is 0 Å². The van der Waals surface area contributed by atoms with Crippen LogP contribution in [-0.2, 0) is 10.2 Å². The van der Waals surface area contributed by atoms with E-state index in [4.69, 9.17) is 4.74 Å². The van der Waals surface area contributed by atoms with Gasteiger partial charge in [0, 0.05) is 11.1 Å². The number of carbonyl (C=O) groups is 1. The van der Waals surface area contributed by atoms with Crippen LogP contribution in [0.1, 0.15) is 38.8 Å². The van der Waals surface area contributed by atoms with Gasteiger partial charge in [0.15, 0.2) is 5.78 Å². The highest BCUT2D eigenvalue weighted by Gasteiger charge is 2.47. The van der Waals surface area contributed by atoms with E-state index >= 15 is 0 Å². The number of rotatable bonds is 1. The Morgan fingerprint density at radius 1 is 1.19 bits per heavy atom. The van der Waals surface area contributed by atoms with Gasteiger partial charge in [-0.1, -0.05) is 32.9 Å². The van der Waals surface area contributed by atoms with Gasteiger partial charge in [-0.25, -0.2) is 0 Å². The summed E-state index contributed by atoms with van der Waals surface area (Å²) in [6, 6.07) is 5.14. The molecule has 0 spiro atoms. The fourth-order valence-electron chi connectivity index (χ4n) is 2.19. The van der Waals surface area contributed by atoms with E-state index in [1.54, 1.807) is 12.1 Å². The van der Waals surface area contributed by atoms with Gasteiger partial charge in [0.2, 0.25) is 6.10 Å². The summed E-state index contributed by atoms with van der Waals surface area (Å²) in [6.07, 6.45) is -5.55. The van der Waals surface area contributed by atoms with Crippen molar-refractivity contribution in [3.63, 3.8) is 0 Å². The molecule has 1 atom stereocenters. The van der Waals surface area contributed by atoms with E-state index in [0.29, 0.717) is 5.56 Å². The number of ketones is 1. The maximum Gasteiger partial charge on any atom is 0.429 e. The number of alkyl halides is 3. The highest BCUT2D eigenvalue weighted by molar-refractivity contribution is 6.00. The second-order valence-electron chi connectivity index (χ2n) is 6.20. The van der Waals surface area contributed by atoms with E-state index in [9.17, 15) is 18.0 Å². The Balaban J connectivity index is 2.53. The number of carbonyl (C=O) groups excluding carboxylic acids is 1. The summed E-state index contributed by atoms with van der Waals surface area (Å²) in [5.41, 5.74) is 0.811. The van der Waals surface area contributed by atoms with Crippen molar-refractivity contribution in [2.45, 2.75) is 45.4 Å². The lowest BCUT2D eigenvalue weighted by Crippen LogP contribution is -2.39. The number of hydrogen-bond donors (Lipinski definition) is 0. The van der Waals surface area contributed by atoms with E-state index in [-0.39, 0.29) is 16.7 Å². The van der Waals surface area contributed by atoms with E-state index in [1.165, 1.54) is 6.08 Å². The van der Waals surface area contributed by atoms with Gasteiger partial charge in [0.25, 0.3) is 0 Å². The Morgan fingerprint density at radius 3 is 2.29 bits per heavy atom. The molecule has 1 aromatic rings. The van der Waals surface area contributed by atoms with Crippen molar-refractivity contribution in [3.05, 3.63) is 34.9 Å². The molecule has 5 heteroatoms. The highest BCUT2D eigenvalue weighted by Crippen LogP contribution is 2.39. The molecule has 0 fully saturated rings. The molecule has 1 aromatic carbocycles. The van der Waals surface area contributed by atoms with Gasteiger partial charge in [-0.05, 0) is 30.0 Å². The highest BCUT2D eigenvalue weighted by atomic mass is 19.4. The van der Waals surface area contributed by atoms with Crippen molar-refractivity contribution >= 4 is 11.9 Å². The van der Waals surface area contributed by atoms with Gasteiger partial charge in [-0.2, -0.15) is 13.2 Å².